The van der Waals surface area contributed by atoms with Crippen LogP contribution in [0.25, 0.3) is 0 Å². The monoisotopic (exact) mass is 349 g/mol. The summed E-state index contributed by atoms with van der Waals surface area (Å²) in [5.74, 6) is -0.207. The molecule has 0 radical (unpaired) electrons. The summed E-state index contributed by atoms with van der Waals surface area (Å²) in [5.41, 5.74) is 1.39. The van der Waals surface area contributed by atoms with Crippen LogP contribution in [0.3, 0.4) is 0 Å². The van der Waals surface area contributed by atoms with Crippen LogP contribution in [0, 0.1) is 0 Å². The van der Waals surface area contributed by atoms with Crippen LogP contribution in [0.5, 0.6) is 0 Å². The summed E-state index contributed by atoms with van der Waals surface area (Å²) in [6.07, 6.45) is 1.70. The predicted molar refractivity (Wildman–Crippen MR) is 82.0 cm³/mol. The minimum absolute atomic E-state index is 0.0921. The molecule has 21 heavy (non-hydrogen) atoms. The third-order valence-corrected chi connectivity index (χ3v) is 4.07. The van der Waals surface area contributed by atoms with E-state index in [1.54, 1.807) is 10.9 Å². The van der Waals surface area contributed by atoms with E-state index in [0.717, 1.165) is 23.1 Å². The van der Waals surface area contributed by atoms with Gasteiger partial charge < -0.3 is 10.6 Å². The zero-order chi connectivity index (χ0) is 14.8. The average molecular weight is 350 g/mol. The quantitative estimate of drug-likeness (QED) is 0.880. The van der Waals surface area contributed by atoms with Crippen molar-refractivity contribution in [3.05, 3.63) is 46.2 Å². The molecule has 1 fully saturated rings. The Kier molecular flexibility index (Phi) is 4.03. The number of nitrogens with zero attached hydrogens (tertiary/aromatic N) is 3. The molecule has 2 aromatic rings. The second kappa shape index (κ2) is 5.95. The Labute approximate surface area is 131 Å². The third kappa shape index (κ3) is 3.14. The van der Waals surface area contributed by atoms with Crippen LogP contribution in [-0.2, 0) is 0 Å². The van der Waals surface area contributed by atoms with Crippen molar-refractivity contribution in [2.75, 3.05) is 13.1 Å². The van der Waals surface area contributed by atoms with Crippen molar-refractivity contribution >= 4 is 21.8 Å². The summed E-state index contributed by atoms with van der Waals surface area (Å²) in [5, 5.41) is 14.1. The van der Waals surface area contributed by atoms with E-state index < -0.39 is 0 Å². The van der Waals surface area contributed by atoms with E-state index in [1.165, 1.54) is 0 Å². The molecule has 0 spiro atoms. The average Bonchev–Trinajstić information content (AvgIpc) is 2.86. The molecule has 0 unspecified atom stereocenters. The molecule has 1 aliphatic heterocycles. The molecule has 3 rings (SSSR count). The zero-order valence-electron chi connectivity index (χ0n) is 11.6. The van der Waals surface area contributed by atoms with Gasteiger partial charge in [-0.2, -0.15) is 0 Å². The number of amides is 1. The van der Waals surface area contributed by atoms with Crippen molar-refractivity contribution in [3.8, 4) is 0 Å². The van der Waals surface area contributed by atoms with Gasteiger partial charge in [-0.05, 0) is 24.6 Å². The Morgan fingerprint density at radius 3 is 3.00 bits per heavy atom. The maximum Gasteiger partial charge on any atom is 0.273 e. The molecule has 1 amide bonds. The van der Waals surface area contributed by atoms with Crippen molar-refractivity contribution < 1.29 is 4.79 Å². The van der Waals surface area contributed by atoms with Crippen molar-refractivity contribution in [1.29, 1.82) is 0 Å². The van der Waals surface area contributed by atoms with E-state index >= 15 is 0 Å². The van der Waals surface area contributed by atoms with Gasteiger partial charge in [0.05, 0.1) is 18.3 Å². The first kappa shape index (κ1) is 14.2. The van der Waals surface area contributed by atoms with E-state index in [1.807, 2.05) is 31.2 Å². The van der Waals surface area contributed by atoms with Gasteiger partial charge in [0.25, 0.3) is 5.91 Å². The van der Waals surface area contributed by atoms with E-state index in [2.05, 4.69) is 36.9 Å². The molecule has 1 saturated heterocycles. The maximum absolute atomic E-state index is 12.2. The number of nitrogens with one attached hydrogen (secondary N) is 2. The van der Waals surface area contributed by atoms with E-state index in [9.17, 15) is 4.79 Å². The van der Waals surface area contributed by atoms with Gasteiger partial charge in [0.2, 0.25) is 0 Å². The van der Waals surface area contributed by atoms with E-state index in [0.29, 0.717) is 11.7 Å². The summed E-state index contributed by atoms with van der Waals surface area (Å²) in [6.45, 7) is 3.69. The Balaban J connectivity index is 1.66. The van der Waals surface area contributed by atoms with Gasteiger partial charge in [-0.15, -0.1) is 5.10 Å². The molecule has 0 bridgehead atoms. The van der Waals surface area contributed by atoms with Crippen molar-refractivity contribution in [2.24, 2.45) is 0 Å². The van der Waals surface area contributed by atoms with Crippen molar-refractivity contribution in [2.45, 2.75) is 19.0 Å². The first-order valence-corrected chi connectivity index (χ1v) is 7.61. The fourth-order valence-corrected chi connectivity index (χ4v) is 2.57. The van der Waals surface area contributed by atoms with Crippen LogP contribution in [0.15, 0.2) is 34.9 Å². The molecule has 6 nitrogen and oxygen atoms in total. The molecule has 0 saturated carbocycles. The molecule has 1 aromatic heterocycles. The van der Waals surface area contributed by atoms with Gasteiger partial charge >= 0.3 is 0 Å². The topological polar surface area (TPSA) is 71.8 Å². The lowest BCUT2D eigenvalue weighted by molar-refractivity contribution is 0.0934. The van der Waals surface area contributed by atoms with Gasteiger partial charge in [0.1, 0.15) is 0 Å². The van der Waals surface area contributed by atoms with E-state index in [4.69, 9.17) is 0 Å². The van der Waals surface area contributed by atoms with Crippen molar-refractivity contribution in [1.82, 2.24) is 25.6 Å². The molecule has 1 aliphatic rings. The summed E-state index contributed by atoms with van der Waals surface area (Å²) in [4.78, 5) is 12.2. The number of halogens is 1. The van der Waals surface area contributed by atoms with E-state index in [-0.39, 0.29) is 11.9 Å². The predicted octanol–water partition coefficient (Wildman–Crippen LogP) is 1.68. The smallest absolute Gasteiger partial charge is 0.273 e. The van der Waals surface area contributed by atoms with Gasteiger partial charge in [-0.1, -0.05) is 33.3 Å². The van der Waals surface area contributed by atoms with Gasteiger partial charge in [0, 0.05) is 17.6 Å². The van der Waals surface area contributed by atoms with Crippen molar-refractivity contribution in [3.63, 3.8) is 0 Å². The fraction of sp³-hybridized carbons (Fsp3) is 0.357. The Bertz CT molecular complexity index is 652. The number of carbonyl (C=O) groups excluding carboxylic acids is 1. The highest BCUT2D eigenvalue weighted by Gasteiger charge is 2.22. The summed E-state index contributed by atoms with van der Waals surface area (Å²) in [7, 11) is 0. The normalized spacial score (nSPS) is 16.3. The third-order valence-electron chi connectivity index (χ3n) is 3.57. The maximum atomic E-state index is 12.2. The van der Waals surface area contributed by atoms with Crippen LogP contribution in [0.1, 0.15) is 35.1 Å². The lowest BCUT2D eigenvalue weighted by atomic mass is 10.1. The number of aromatic nitrogens is 3. The Hall–Kier alpha value is -1.73. The highest BCUT2D eigenvalue weighted by molar-refractivity contribution is 9.10. The fourth-order valence-electron chi connectivity index (χ4n) is 2.15. The first-order valence-electron chi connectivity index (χ1n) is 6.82. The lowest BCUT2D eigenvalue weighted by Crippen LogP contribution is -2.43. The molecule has 1 atom stereocenters. The summed E-state index contributed by atoms with van der Waals surface area (Å²) >= 11 is 3.43. The number of carbonyl (C=O) groups is 1. The Morgan fingerprint density at radius 1 is 1.52 bits per heavy atom. The van der Waals surface area contributed by atoms with Crippen LogP contribution in [-0.4, -0.2) is 34.0 Å². The highest BCUT2D eigenvalue weighted by Crippen LogP contribution is 2.18. The second-order valence-electron chi connectivity index (χ2n) is 5.15. The number of hydrogen-bond donors (Lipinski definition) is 2. The summed E-state index contributed by atoms with van der Waals surface area (Å²) in [6, 6.07) is 8.08. The minimum Gasteiger partial charge on any atom is -0.344 e. The molecule has 7 heteroatoms. The van der Waals surface area contributed by atoms with Crippen LogP contribution >= 0.6 is 15.9 Å². The number of hydrogen-bond acceptors (Lipinski definition) is 4. The molecule has 0 aliphatic carbocycles. The molecule has 2 N–H and O–H groups in total. The van der Waals surface area contributed by atoms with Crippen LogP contribution in [0.4, 0.5) is 0 Å². The molecule has 110 valence electrons. The largest absolute Gasteiger partial charge is 0.344 e. The number of benzene rings is 1. The SMILES string of the molecule is C[C@H](NC(=O)c1cn(C2CNC2)nn1)c1cccc(Br)c1. The van der Waals surface area contributed by atoms with Crippen LogP contribution in [0.2, 0.25) is 0 Å². The molecular formula is C14H16BrN5O. The minimum atomic E-state index is -0.207. The molecule has 1 aromatic carbocycles. The zero-order valence-corrected chi connectivity index (χ0v) is 13.2. The van der Waals surface area contributed by atoms with Gasteiger partial charge in [-0.25, -0.2) is 4.68 Å². The molecule has 2 heterocycles. The first-order chi connectivity index (χ1) is 10.1. The standard InChI is InChI=1S/C14H16BrN5O/c1-9(10-3-2-4-11(15)5-10)17-14(21)13-8-20(19-18-13)12-6-16-7-12/h2-5,8-9,12,16H,6-7H2,1H3,(H,17,21)/t9-/m0/s1. The van der Waals surface area contributed by atoms with Gasteiger partial charge in [-0.3, -0.25) is 4.79 Å². The van der Waals surface area contributed by atoms with Crippen LogP contribution < -0.4 is 10.6 Å². The highest BCUT2D eigenvalue weighted by atomic mass is 79.9. The van der Waals surface area contributed by atoms with Gasteiger partial charge in [0.15, 0.2) is 5.69 Å². The lowest BCUT2D eigenvalue weighted by Gasteiger charge is -2.26. The molecular weight excluding hydrogens is 334 g/mol. The summed E-state index contributed by atoms with van der Waals surface area (Å²) < 4.78 is 2.74. The number of rotatable bonds is 4. The second-order valence-corrected chi connectivity index (χ2v) is 6.06. The Morgan fingerprint density at radius 2 is 2.33 bits per heavy atom.